The van der Waals surface area contributed by atoms with Crippen LogP contribution in [0, 0.1) is 6.92 Å². The topological polar surface area (TPSA) is 67.2 Å². The second-order valence-corrected chi connectivity index (χ2v) is 7.94. The predicted molar refractivity (Wildman–Crippen MR) is 112 cm³/mol. The summed E-state index contributed by atoms with van der Waals surface area (Å²) in [6.07, 6.45) is 9.45. The van der Waals surface area contributed by atoms with Crippen LogP contribution in [-0.2, 0) is 11.3 Å². The van der Waals surface area contributed by atoms with Crippen molar-refractivity contribution in [1.82, 2.24) is 19.8 Å². The molecule has 1 amide bonds. The average molecular weight is 385 g/mol. The summed E-state index contributed by atoms with van der Waals surface area (Å²) in [7, 11) is 2.19. The first-order valence-corrected chi connectivity index (χ1v) is 10.5. The van der Waals surface area contributed by atoms with Crippen molar-refractivity contribution in [3.05, 3.63) is 40.4 Å². The molecule has 2 aromatic rings. The van der Waals surface area contributed by atoms with Gasteiger partial charge in [0.25, 0.3) is 5.56 Å². The number of nitrogens with one attached hydrogen (secondary N) is 1. The maximum absolute atomic E-state index is 12.6. The van der Waals surface area contributed by atoms with Crippen molar-refractivity contribution in [2.24, 2.45) is 0 Å². The van der Waals surface area contributed by atoms with Crippen molar-refractivity contribution in [1.29, 1.82) is 0 Å². The molecule has 1 aliphatic rings. The molecule has 0 unspecified atom stereocenters. The van der Waals surface area contributed by atoms with Crippen molar-refractivity contribution in [2.75, 3.05) is 20.1 Å². The van der Waals surface area contributed by atoms with Gasteiger partial charge in [-0.3, -0.25) is 14.2 Å². The van der Waals surface area contributed by atoms with Crippen molar-refractivity contribution >= 4 is 16.8 Å². The normalized spacial score (nSPS) is 15.2. The number of aromatic nitrogens is 2. The Bertz CT molecular complexity index is 855. The monoisotopic (exact) mass is 384 g/mol. The third-order valence-corrected chi connectivity index (χ3v) is 5.84. The summed E-state index contributed by atoms with van der Waals surface area (Å²) in [4.78, 5) is 31.5. The SMILES string of the molecule is Cc1cccc2c(=O)n(CCC(=O)NCCCN(C)C3CCCCC3)cnc12. The van der Waals surface area contributed by atoms with Gasteiger partial charge in [0.15, 0.2) is 0 Å². The first-order chi connectivity index (χ1) is 13.6. The molecule has 0 saturated heterocycles. The van der Waals surface area contributed by atoms with E-state index < -0.39 is 0 Å². The zero-order valence-corrected chi connectivity index (χ0v) is 17.1. The van der Waals surface area contributed by atoms with Crippen LogP contribution in [0.3, 0.4) is 0 Å². The fourth-order valence-corrected chi connectivity index (χ4v) is 4.07. The van der Waals surface area contributed by atoms with Crippen LogP contribution < -0.4 is 10.9 Å². The Balaban J connectivity index is 1.41. The number of hydrogen-bond acceptors (Lipinski definition) is 4. The Morgan fingerprint density at radius 3 is 2.86 bits per heavy atom. The molecule has 0 atom stereocenters. The summed E-state index contributed by atoms with van der Waals surface area (Å²) in [5, 5.41) is 3.58. The zero-order chi connectivity index (χ0) is 19.9. The summed E-state index contributed by atoms with van der Waals surface area (Å²) in [6.45, 7) is 3.99. The number of carbonyl (C=O) groups is 1. The van der Waals surface area contributed by atoms with Gasteiger partial charge in [0.1, 0.15) is 0 Å². The van der Waals surface area contributed by atoms with Crippen LogP contribution in [0.25, 0.3) is 10.9 Å². The summed E-state index contributed by atoms with van der Waals surface area (Å²) < 4.78 is 1.53. The highest BCUT2D eigenvalue weighted by Gasteiger charge is 2.17. The van der Waals surface area contributed by atoms with Crippen LogP contribution >= 0.6 is 0 Å². The van der Waals surface area contributed by atoms with E-state index in [1.807, 2.05) is 19.1 Å². The molecule has 6 nitrogen and oxygen atoms in total. The predicted octanol–water partition coefficient (Wildman–Crippen LogP) is 2.87. The van der Waals surface area contributed by atoms with Gasteiger partial charge in [0.2, 0.25) is 5.91 Å². The molecular formula is C22H32N4O2. The first-order valence-electron chi connectivity index (χ1n) is 10.5. The van der Waals surface area contributed by atoms with Crippen LogP contribution in [-0.4, -0.2) is 46.5 Å². The van der Waals surface area contributed by atoms with Crippen LogP contribution in [0.4, 0.5) is 0 Å². The molecule has 0 bridgehead atoms. The van der Waals surface area contributed by atoms with E-state index in [0.717, 1.165) is 24.0 Å². The number of hydrogen-bond donors (Lipinski definition) is 1. The second-order valence-electron chi connectivity index (χ2n) is 7.94. The third kappa shape index (κ3) is 5.19. The maximum atomic E-state index is 12.6. The second kappa shape index (κ2) is 9.82. The number of carbonyl (C=O) groups excluding carboxylic acids is 1. The lowest BCUT2D eigenvalue weighted by Crippen LogP contribution is -2.36. The minimum atomic E-state index is -0.0874. The van der Waals surface area contributed by atoms with E-state index in [4.69, 9.17) is 0 Å². The van der Waals surface area contributed by atoms with Crippen LogP contribution in [0.15, 0.2) is 29.3 Å². The van der Waals surface area contributed by atoms with E-state index in [2.05, 4.69) is 22.2 Å². The van der Waals surface area contributed by atoms with Gasteiger partial charge < -0.3 is 10.2 Å². The van der Waals surface area contributed by atoms with E-state index in [1.165, 1.54) is 36.7 Å². The van der Waals surface area contributed by atoms with Gasteiger partial charge in [0.05, 0.1) is 17.2 Å². The molecule has 1 saturated carbocycles. The lowest BCUT2D eigenvalue weighted by molar-refractivity contribution is -0.121. The van der Waals surface area contributed by atoms with E-state index in [0.29, 0.717) is 24.5 Å². The average Bonchev–Trinajstić information content (AvgIpc) is 2.72. The van der Waals surface area contributed by atoms with E-state index >= 15 is 0 Å². The summed E-state index contributed by atoms with van der Waals surface area (Å²) in [5.41, 5.74) is 1.63. The highest BCUT2D eigenvalue weighted by Crippen LogP contribution is 2.21. The van der Waals surface area contributed by atoms with Crippen LogP contribution in [0.1, 0.15) is 50.5 Å². The molecule has 1 aromatic carbocycles. The highest BCUT2D eigenvalue weighted by atomic mass is 16.1. The van der Waals surface area contributed by atoms with Crippen molar-refractivity contribution in [2.45, 2.75) is 64.5 Å². The molecular weight excluding hydrogens is 352 g/mol. The number of nitrogens with zero attached hydrogens (tertiary/aromatic N) is 3. The Kier molecular flexibility index (Phi) is 7.20. The largest absolute Gasteiger partial charge is 0.356 e. The molecule has 0 radical (unpaired) electrons. The van der Waals surface area contributed by atoms with Crippen molar-refractivity contribution in [3.8, 4) is 0 Å². The van der Waals surface area contributed by atoms with E-state index in [1.54, 1.807) is 12.4 Å². The van der Waals surface area contributed by atoms with Gasteiger partial charge in [-0.1, -0.05) is 31.4 Å². The number of aryl methyl sites for hydroxylation is 2. The molecule has 3 rings (SSSR count). The minimum Gasteiger partial charge on any atom is -0.356 e. The molecule has 1 aliphatic carbocycles. The van der Waals surface area contributed by atoms with E-state index in [-0.39, 0.29) is 17.9 Å². The molecule has 1 aromatic heterocycles. The molecule has 0 aliphatic heterocycles. The van der Waals surface area contributed by atoms with Crippen molar-refractivity contribution in [3.63, 3.8) is 0 Å². The smallest absolute Gasteiger partial charge is 0.261 e. The third-order valence-electron chi connectivity index (χ3n) is 5.84. The van der Waals surface area contributed by atoms with Gasteiger partial charge in [-0.05, 0) is 51.4 Å². The molecule has 28 heavy (non-hydrogen) atoms. The first kappa shape index (κ1) is 20.5. The number of amides is 1. The molecule has 1 fully saturated rings. The van der Waals surface area contributed by atoms with Crippen molar-refractivity contribution < 1.29 is 4.79 Å². The Morgan fingerprint density at radius 1 is 1.29 bits per heavy atom. The van der Waals surface area contributed by atoms with Crippen LogP contribution in [0.5, 0.6) is 0 Å². The molecule has 152 valence electrons. The van der Waals surface area contributed by atoms with Gasteiger partial charge in [-0.15, -0.1) is 0 Å². The minimum absolute atomic E-state index is 0.0171. The fraction of sp³-hybridized carbons (Fsp3) is 0.591. The molecule has 0 spiro atoms. The number of para-hydroxylation sites is 1. The summed E-state index contributed by atoms with van der Waals surface area (Å²) in [5.74, 6) is -0.0171. The standard InChI is InChI=1S/C22H32N4O2/c1-17-8-6-11-19-21(17)24-16-26(22(19)28)15-12-20(27)23-13-7-14-25(2)18-9-4-3-5-10-18/h6,8,11,16,18H,3-5,7,9-10,12-15H2,1-2H3,(H,23,27). The summed E-state index contributed by atoms with van der Waals surface area (Å²) >= 11 is 0. The lowest BCUT2D eigenvalue weighted by Gasteiger charge is -2.31. The summed E-state index contributed by atoms with van der Waals surface area (Å²) in [6, 6.07) is 6.30. The zero-order valence-electron chi connectivity index (χ0n) is 17.1. The quantitative estimate of drug-likeness (QED) is 0.711. The lowest BCUT2D eigenvalue weighted by atomic mass is 9.94. The highest BCUT2D eigenvalue weighted by molar-refractivity contribution is 5.80. The van der Waals surface area contributed by atoms with Gasteiger partial charge in [0, 0.05) is 25.6 Å². The molecule has 6 heteroatoms. The Hall–Kier alpha value is -2.21. The number of rotatable bonds is 8. The van der Waals surface area contributed by atoms with Gasteiger partial charge in [-0.25, -0.2) is 4.98 Å². The van der Waals surface area contributed by atoms with Gasteiger partial charge in [-0.2, -0.15) is 0 Å². The van der Waals surface area contributed by atoms with E-state index in [9.17, 15) is 9.59 Å². The Labute approximate surface area is 166 Å². The molecule has 1 heterocycles. The van der Waals surface area contributed by atoms with Gasteiger partial charge >= 0.3 is 0 Å². The number of fused-ring (bicyclic) bond motifs is 1. The maximum Gasteiger partial charge on any atom is 0.261 e. The fourth-order valence-electron chi connectivity index (χ4n) is 4.07. The molecule has 1 N–H and O–H groups in total. The Morgan fingerprint density at radius 2 is 2.07 bits per heavy atom. The van der Waals surface area contributed by atoms with Crippen LogP contribution in [0.2, 0.25) is 0 Å². The number of benzene rings is 1.